The van der Waals surface area contributed by atoms with Gasteiger partial charge < -0.3 is 4.74 Å². The summed E-state index contributed by atoms with van der Waals surface area (Å²) in [7, 11) is 1.27. The predicted octanol–water partition coefficient (Wildman–Crippen LogP) is 2.66. The number of nitrogens with one attached hydrogen (secondary N) is 1. The lowest BCUT2D eigenvalue weighted by Gasteiger charge is -2.19. The number of rotatable bonds is 7. The molecule has 0 amide bonds. The van der Waals surface area contributed by atoms with E-state index in [-0.39, 0.29) is 0 Å². The highest BCUT2D eigenvalue weighted by Crippen LogP contribution is 2.27. The summed E-state index contributed by atoms with van der Waals surface area (Å²) >= 11 is 0. The fourth-order valence-corrected chi connectivity index (χ4v) is 3.88. The lowest BCUT2D eigenvalue weighted by Crippen LogP contribution is -2.24. The molecular formula is C16H20NOP. The number of hydrogen-bond acceptors (Lipinski definition) is 2. The van der Waals surface area contributed by atoms with E-state index < -0.39 is 8.07 Å². The zero-order valence-corrected chi connectivity index (χ0v) is 12.1. The second kappa shape index (κ2) is 8.06. The van der Waals surface area contributed by atoms with E-state index in [9.17, 15) is 0 Å². The molecule has 0 fully saturated rings. The van der Waals surface area contributed by atoms with Crippen molar-refractivity contribution in [2.75, 3.05) is 20.3 Å². The van der Waals surface area contributed by atoms with Crippen molar-refractivity contribution in [2.24, 2.45) is 0 Å². The highest BCUT2D eigenvalue weighted by molar-refractivity contribution is 7.71. The second-order valence-corrected chi connectivity index (χ2v) is 6.28. The first-order chi connectivity index (χ1) is 9.42. The third-order valence-electron chi connectivity index (χ3n) is 2.82. The largest absolute Gasteiger partial charge is 0.385 e. The van der Waals surface area contributed by atoms with Crippen LogP contribution in [0.4, 0.5) is 0 Å². The Kier molecular flexibility index (Phi) is 6.03. The van der Waals surface area contributed by atoms with Crippen LogP contribution >= 0.6 is 8.07 Å². The second-order valence-electron chi connectivity index (χ2n) is 4.26. The SMILES string of the molecule is COCCCNP(c1ccccc1)c1ccccc1. The Labute approximate surface area is 116 Å². The topological polar surface area (TPSA) is 21.3 Å². The molecule has 0 atom stereocenters. The van der Waals surface area contributed by atoms with Crippen molar-refractivity contribution in [3.8, 4) is 0 Å². The van der Waals surface area contributed by atoms with Crippen LogP contribution in [0.2, 0.25) is 0 Å². The van der Waals surface area contributed by atoms with E-state index in [1.165, 1.54) is 10.6 Å². The van der Waals surface area contributed by atoms with Gasteiger partial charge >= 0.3 is 0 Å². The molecule has 2 nitrogen and oxygen atoms in total. The molecule has 2 aromatic rings. The molecule has 2 rings (SSSR count). The van der Waals surface area contributed by atoms with E-state index >= 15 is 0 Å². The maximum absolute atomic E-state index is 5.10. The molecule has 0 aliphatic carbocycles. The maximum Gasteiger partial charge on any atom is 0.0474 e. The minimum absolute atomic E-state index is 0.473. The van der Waals surface area contributed by atoms with E-state index in [1.54, 1.807) is 7.11 Å². The number of ether oxygens (including phenoxy) is 1. The summed E-state index contributed by atoms with van der Waals surface area (Å²) in [6.07, 6.45) is 1.04. The highest BCUT2D eigenvalue weighted by Gasteiger charge is 2.12. The van der Waals surface area contributed by atoms with Gasteiger partial charge in [-0.2, -0.15) is 0 Å². The van der Waals surface area contributed by atoms with Crippen LogP contribution in [0.25, 0.3) is 0 Å². The quantitative estimate of drug-likeness (QED) is 0.618. The lowest BCUT2D eigenvalue weighted by molar-refractivity contribution is 0.196. The maximum atomic E-state index is 5.10. The van der Waals surface area contributed by atoms with Gasteiger partial charge in [-0.05, 0) is 17.0 Å². The minimum atomic E-state index is -0.473. The van der Waals surface area contributed by atoms with Crippen LogP contribution in [-0.4, -0.2) is 20.3 Å². The molecule has 0 aromatic heterocycles. The molecular weight excluding hydrogens is 253 g/mol. The van der Waals surface area contributed by atoms with E-state index in [0.29, 0.717) is 0 Å². The zero-order chi connectivity index (χ0) is 13.3. The van der Waals surface area contributed by atoms with Crippen molar-refractivity contribution in [1.29, 1.82) is 0 Å². The van der Waals surface area contributed by atoms with E-state index in [4.69, 9.17) is 4.74 Å². The van der Waals surface area contributed by atoms with Crippen LogP contribution in [0.15, 0.2) is 60.7 Å². The lowest BCUT2D eigenvalue weighted by atomic mass is 10.4. The van der Waals surface area contributed by atoms with Gasteiger partial charge in [-0.15, -0.1) is 0 Å². The standard InChI is InChI=1S/C16H20NOP/c1-18-14-8-13-17-19(15-9-4-2-5-10-15)16-11-6-3-7-12-16/h2-7,9-12,17H,8,13-14H2,1H3. The van der Waals surface area contributed by atoms with Gasteiger partial charge in [0.2, 0.25) is 0 Å². The molecule has 0 aliphatic rings. The van der Waals surface area contributed by atoms with E-state index in [1.807, 2.05) is 0 Å². The summed E-state index contributed by atoms with van der Waals surface area (Å²) in [5, 5.41) is 6.40. The number of hydrogen-bond donors (Lipinski definition) is 1. The van der Waals surface area contributed by atoms with Gasteiger partial charge in [0.05, 0.1) is 0 Å². The Balaban J connectivity index is 2.10. The molecule has 0 aliphatic heterocycles. The first-order valence-electron chi connectivity index (χ1n) is 6.54. The molecule has 0 heterocycles. The molecule has 0 spiro atoms. The van der Waals surface area contributed by atoms with Crippen LogP contribution in [0, 0.1) is 0 Å². The molecule has 0 saturated carbocycles. The average Bonchev–Trinajstić information content (AvgIpc) is 2.49. The van der Waals surface area contributed by atoms with E-state index in [0.717, 1.165) is 19.6 Å². The van der Waals surface area contributed by atoms with Crippen molar-refractivity contribution in [1.82, 2.24) is 5.09 Å². The van der Waals surface area contributed by atoms with Crippen LogP contribution in [0.3, 0.4) is 0 Å². The molecule has 19 heavy (non-hydrogen) atoms. The summed E-state index contributed by atoms with van der Waals surface area (Å²) in [6.45, 7) is 1.78. The summed E-state index contributed by atoms with van der Waals surface area (Å²) in [5.74, 6) is 0. The summed E-state index contributed by atoms with van der Waals surface area (Å²) < 4.78 is 5.10. The summed E-state index contributed by atoms with van der Waals surface area (Å²) in [4.78, 5) is 0. The molecule has 0 bridgehead atoms. The Hall–Kier alpha value is -1.21. The highest BCUT2D eigenvalue weighted by atomic mass is 31.1. The molecule has 3 heteroatoms. The van der Waals surface area contributed by atoms with Gasteiger partial charge in [0.15, 0.2) is 0 Å². The van der Waals surface area contributed by atoms with Gasteiger partial charge in [-0.3, -0.25) is 5.09 Å². The van der Waals surface area contributed by atoms with Gasteiger partial charge in [0, 0.05) is 28.3 Å². The molecule has 0 radical (unpaired) electrons. The molecule has 1 N–H and O–H groups in total. The number of methoxy groups -OCH3 is 1. The predicted molar refractivity (Wildman–Crippen MR) is 83.6 cm³/mol. The van der Waals surface area contributed by atoms with Gasteiger partial charge in [-0.1, -0.05) is 60.7 Å². The molecule has 100 valence electrons. The van der Waals surface area contributed by atoms with Crippen LogP contribution < -0.4 is 15.7 Å². The third-order valence-corrected chi connectivity index (χ3v) is 4.99. The van der Waals surface area contributed by atoms with Crippen molar-refractivity contribution in [3.63, 3.8) is 0 Å². The van der Waals surface area contributed by atoms with Crippen molar-refractivity contribution in [3.05, 3.63) is 60.7 Å². The van der Waals surface area contributed by atoms with Gasteiger partial charge in [-0.25, -0.2) is 0 Å². The fraction of sp³-hybridized carbons (Fsp3) is 0.250. The molecule has 0 saturated heterocycles. The van der Waals surface area contributed by atoms with Crippen molar-refractivity contribution >= 4 is 18.7 Å². The zero-order valence-electron chi connectivity index (χ0n) is 11.3. The fourth-order valence-electron chi connectivity index (χ4n) is 1.89. The Bertz CT molecular complexity index is 421. The summed E-state index contributed by atoms with van der Waals surface area (Å²) in [6, 6.07) is 21.3. The van der Waals surface area contributed by atoms with Crippen molar-refractivity contribution in [2.45, 2.75) is 6.42 Å². The third kappa shape index (κ3) is 4.43. The van der Waals surface area contributed by atoms with Gasteiger partial charge in [0.25, 0.3) is 0 Å². The van der Waals surface area contributed by atoms with Crippen LogP contribution in [0.5, 0.6) is 0 Å². The Morgan fingerprint density at radius 1 is 0.895 bits per heavy atom. The average molecular weight is 273 g/mol. The van der Waals surface area contributed by atoms with Crippen LogP contribution in [0.1, 0.15) is 6.42 Å². The van der Waals surface area contributed by atoms with Gasteiger partial charge in [0.1, 0.15) is 0 Å². The smallest absolute Gasteiger partial charge is 0.0474 e. The molecule has 0 unspecified atom stereocenters. The Morgan fingerprint density at radius 2 is 1.42 bits per heavy atom. The van der Waals surface area contributed by atoms with E-state index in [2.05, 4.69) is 65.8 Å². The number of benzene rings is 2. The van der Waals surface area contributed by atoms with Crippen molar-refractivity contribution < 1.29 is 4.74 Å². The van der Waals surface area contributed by atoms with Crippen LogP contribution in [-0.2, 0) is 4.74 Å². The first-order valence-corrected chi connectivity index (χ1v) is 7.88. The summed E-state index contributed by atoms with van der Waals surface area (Å²) in [5.41, 5.74) is 0. The first kappa shape index (κ1) is 14.2. The monoisotopic (exact) mass is 273 g/mol. The minimum Gasteiger partial charge on any atom is -0.385 e. The Morgan fingerprint density at radius 3 is 1.89 bits per heavy atom. The normalized spacial score (nSPS) is 10.8. The molecule has 2 aromatic carbocycles.